The first-order valence-electron chi connectivity index (χ1n) is 13.6. The molecule has 0 atom stereocenters. The zero-order valence-electron chi connectivity index (χ0n) is 23.8. The highest BCUT2D eigenvalue weighted by molar-refractivity contribution is 6.35. The van der Waals surface area contributed by atoms with Crippen molar-refractivity contribution in [1.29, 1.82) is 0 Å². The lowest BCUT2D eigenvalue weighted by atomic mass is 10.00. The second-order valence-corrected chi connectivity index (χ2v) is 11.1. The summed E-state index contributed by atoms with van der Waals surface area (Å²) < 4.78 is 5.87. The molecule has 0 aliphatic carbocycles. The number of hydrogen-bond acceptors (Lipinski definition) is 8. The third-order valence-corrected chi connectivity index (χ3v) is 7.80. The molecule has 8 nitrogen and oxygen atoms in total. The first kappa shape index (κ1) is 31.3. The maximum Gasteiger partial charge on any atom is 0.250 e. The molecule has 4 aromatic rings. The Bertz CT molecular complexity index is 1520. The topological polar surface area (TPSA) is 87.6 Å². The summed E-state index contributed by atoms with van der Waals surface area (Å²) in [6.45, 7) is 8.63. The molecule has 1 aliphatic rings. The number of piperidine rings is 1. The monoisotopic (exact) mass is 625 g/mol. The van der Waals surface area contributed by atoms with Gasteiger partial charge in [-0.3, -0.25) is 0 Å². The number of ether oxygens (including phenoxy) is 1. The molecule has 1 saturated heterocycles. The molecule has 1 fully saturated rings. The van der Waals surface area contributed by atoms with Gasteiger partial charge in [0.1, 0.15) is 12.4 Å². The van der Waals surface area contributed by atoms with Gasteiger partial charge in [-0.05, 0) is 91.8 Å². The first-order valence-corrected chi connectivity index (χ1v) is 14.4. The molecule has 2 heterocycles. The van der Waals surface area contributed by atoms with E-state index in [1.807, 2.05) is 42.5 Å². The number of nitrogens with one attached hydrogen (secondary N) is 2. The van der Waals surface area contributed by atoms with Crippen molar-refractivity contribution in [3.8, 4) is 5.75 Å². The molecule has 0 amide bonds. The van der Waals surface area contributed by atoms with E-state index in [0.29, 0.717) is 40.4 Å². The molecule has 42 heavy (non-hydrogen) atoms. The number of nitrogens with zero attached hydrogens (tertiary/aromatic N) is 5. The summed E-state index contributed by atoms with van der Waals surface area (Å²) in [5, 5.41) is 8.94. The van der Waals surface area contributed by atoms with E-state index >= 15 is 0 Å². The lowest BCUT2D eigenvalue weighted by molar-refractivity contribution is 0.306. The van der Waals surface area contributed by atoms with E-state index in [2.05, 4.69) is 57.5 Å². The van der Waals surface area contributed by atoms with Crippen molar-refractivity contribution in [1.82, 2.24) is 15.0 Å². The Kier molecular flexibility index (Phi) is 10.8. The highest BCUT2D eigenvalue weighted by Gasteiger charge is 2.20. The molecule has 3 aromatic carbocycles. The first-order chi connectivity index (χ1) is 19.8. The van der Waals surface area contributed by atoms with Gasteiger partial charge in [0.25, 0.3) is 0 Å². The van der Waals surface area contributed by atoms with E-state index in [1.165, 1.54) is 5.56 Å². The molecular formula is C31H34Cl3N7O. The summed E-state index contributed by atoms with van der Waals surface area (Å²) in [7, 11) is 0. The number of hydrazone groups is 1. The Morgan fingerprint density at radius 1 is 0.976 bits per heavy atom. The molecular weight excluding hydrogens is 593 g/mol. The number of hydrogen-bond donors (Lipinski definition) is 2. The van der Waals surface area contributed by atoms with Gasteiger partial charge in [-0.2, -0.15) is 20.1 Å². The summed E-state index contributed by atoms with van der Waals surface area (Å²) in [5.74, 6) is 2.91. The Balaban J connectivity index is 0.00000405. The largest absolute Gasteiger partial charge is 0.489 e. The smallest absolute Gasteiger partial charge is 0.250 e. The Hall–Kier alpha value is -3.59. The third kappa shape index (κ3) is 8.25. The maximum atomic E-state index is 6.24. The van der Waals surface area contributed by atoms with Crippen LogP contribution in [0.1, 0.15) is 42.0 Å². The molecule has 0 unspecified atom stereocenters. The van der Waals surface area contributed by atoms with Crippen LogP contribution in [0, 0.1) is 19.8 Å². The van der Waals surface area contributed by atoms with Crippen molar-refractivity contribution in [2.24, 2.45) is 11.0 Å². The van der Waals surface area contributed by atoms with E-state index in [4.69, 9.17) is 32.9 Å². The molecule has 1 aromatic heterocycles. The molecule has 0 bridgehead atoms. The van der Waals surface area contributed by atoms with Crippen LogP contribution in [0.2, 0.25) is 10.0 Å². The number of anilines is 4. The summed E-state index contributed by atoms with van der Waals surface area (Å²) >= 11 is 12.2. The van der Waals surface area contributed by atoms with E-state index in [-0.39, 0.29) is 12.4 Å². The normalized spacial score (nSPS) is 13.6. The number of aromatic nitrogens is 3. The maximum absolute atomic E-state index is 6.24. The van der Waals surface area contributed by atoms with E-state index in [1.54, 1.807) is 18.3 Å². The zero-order chi connectivity index (χ0) is 28.8. The van der Waals surface area contributed by atoms with Crippen LogP contribution in [0.5, 0.6) is 5.75 Å². The molecule has 0 spiro atoms. The predicted octanol–water partition coefficient (Wildman–Crippen LogP) is 8.22. The van der Waals surface area contributed by atoms with Gasteiger partial charge in [0.2, 0.25) is 17.8 Å². The van der Waals surface area contributed by atoms with Crippen molar-refractivity contribution < 1.29 is 4.74 Å². The summed E-state index contributed by atoms with van der Waals surface area (Å²) in [6, 6.07) is 19.1. The fourth-order valence-electron chi connectivity index (χ4n) is 4.44. The second kappa shape index (κ2) is 14.5. The predicted molar refractivity (Wildman–Crippen MR) is 175 cm³/mol. The number of rotatable bonds is 9. The standard InChI is InChI=1S/C31H33Cl2N7O.ClH/c1-20-13-15-40(16-14-20)31-37-29(35-28-6-4-5-21(2)22(28)3)36-30(38-31)39-34-18-23-7-11-26(12-8-23)41-19-24-9-10-25(32)17-27(24)33;/h4-12,17-18,20H,13-16,19H2,1-3H3,(H2,35,36,37,38,39);1H/b34-18+;. The summed E-state index contributed by atoms with van der Waals surface area (Å²) in [5.41, 5.74) is 8.06. The van der Waals surface area contributed by atoms with E-state index in [0.717, 1.165) is 54.1 Å². The van der Waals surface area contributed by atoms with E-state index in [9.17, 15) is 0 Å². The van der Waals surface area contributed by atoms with Crippen molar-refractivity contribution in [2.45, 2.75) is 40.2 Å². The summed E-state index contributed by atoms with van der Waals surface area (Å²) in [4.78, 5) is 16.2. The van der Waals surface area contributed by atoms with Crippen LogP contribution in [0.25, 0.3) is 0 Å². The lowest BCUT2D eigenvalue weighted by Crippen LogP contribution is -2.34. The molecule has 0 saturated carbocycles. The fourth-order valence-corrected chi connectivity index (χ4v) is 4.91. The SMILES string of the molecule is Cc1cccc(Nc2nc(N/N=C/c3ccc(OCc4ccc(Cl)cc4Cl)cc3)nc(N3CCC(C)CC3)n2)c1C.Cl. The minimum absolute atomic E-state index is 0. The average molecular weight is 627 g/mol. The van der Waals surface area contributed by atoms with Crippen molar-refractivity contribution in [3.63, 3.8) is 0 Å². The van der Waals surface area contributed by atoms with Crippen LogP contribution in [0.15, 0.2) is 65.8 Å². The third-order valence-electron chi connectivity index (χ3n) is 7.21. The van der Waals surface area contributed by atoms with Crippen molar-refractivity contribution >= 4 is 65.4 Å². The number of benzene rings is 3. The van der Waals surface area contributed by atoms with Crippen LogP contribution in [-0.2, 0) is 6.61 Å². The molecule has 2 N–H and O–H groups in total. The van der Waals surface area contributed by atoms with Gasteiger partial charge in [0, 0.05) is 34.4 Å². The van der Waals surface area contributed by atoms with Crippen LogP contribution in [0.3, 0.4) is 0 Å². The second-order valence-electron chi connectivity index (χ2n) is 10.3. The Labute approximate surface area is 263 Å². The highest BCUT2D eigenvalue weighted by Crippen LogP contribution is 2.26. The Morgan fingerprint density at radius 2 is 1.71 bits per heavy atom. The quantitative estimate of drug-likeness (QED) is 0.143. The average Bonchev–Trinajstić information content (AvgIpc) is 2.96. The molecule has 1 aliphatic heterocycles. The minimum atomic E-state index is 0. The van der Waals surface area contributed by atoms with Crippen LogP contribution in [0.4, 0.5) is 23.5 Å². The van der Waals surface area contributed by atoms with Gasteiger partial charge >= 0.3 is 0 Å². The lowest BCUT2D eigenvalue weighted by Gasteiger charge is -2.30. The van der Waals surface area contributed by atoms with Gasteiger partial charge in [0.05, 0.1) is 6.21 Å². The van der Waals surface area contributed by atoms with Crippen LogP contribution < -0.4 is 20.4 Å². The van der Waals surface area contributed by atoms with Gasteiger partial charge in [-0.15, -0.1) is 12.4 Å². The van der Waals surface area contributed by atoms with Gasteiger partial charge < -0.3 is 15.0 Å². The highest BCUT2D eigenvalue weighted by atomic mass is 35.5. The summed E-state index contributed by atoms with van der Waals surface area (Å²) in [6.07, 6.45) is 3.93. The molecule has 5 rings (SSSR count). The fraction of sp³-hybridized carbons (Fsp3) is 0.290. The van der Waals surface area contributed by atoms with Gasteiger partial charge in [-0.25, -0.2) is 5.43 Å². The van der Waals surface area contributed by atoms with Crippen molar-refractivity contribution in [2.75, 3.05) is 28.7 Å². The van der Waals surface area contributed by atoms with Crippen molar-refractivity contribution in [3.05, 3.63) is 93.0 Å². The zero-order valence-corrected chi connectivity index (χ0v) is 26.1. The van der Waals surface area contributed by atoms with Crippen LogP contribution >= 0.6 is 35.6 Å². The number of aryl methyl sites for hydroxylation is 1. The molecule has 0 radical (unpaired) electrons. The van der Waals surface area contributed by atoms with Gasteiger partial charge in [-0.1, -0.05) is 48.3 Å². The minimum Gasteiger partial charge on any atom is -0.489 e. The Morgan fingerprint density at radius 3 is 2.45 bits per heavy atom. The van der Waals surface area contributed by atoms with Gasteiger partial charge in [0.15, 0.2) is 0 Å². The molecule has 11 heteroatoms. The number of halogens is 3. The van der Waals surface area contributed by atoms with E-state index < -0.39 is 0 Å². The van der Waals surface area contributed by atoms with Crippen LogP contribution in [-0.4, -0.2) is 34.3 Å². The molecule has 220 valence electrons.